The summed E-state index contributed by atoms with van der Waals surface area (Å²) in [6.07, 6.45) is 4.18. The normalized spacial score (nSPS) is 18.1. The largest absolute Gasteiger partial charge is 0.314 e. The first-order chi connectivity index (χ1) is 7.84. The van der Waals surface area contributed by atoms with Crippen molar-refractivity contribution in [1.29, 1.82) is 0 Å². The van der Waals surface area contributed by atoms with E-state index in [0.717, 1.165) is 38.3 Å². The Labute approximate surface area is 95.8 Å². The predicted molar refractivity (Wildman–Crippen MR) is 64.7 cm³/mol. The molecule has 0 unspecified atom stereocenters. The van der Waals surface area contributed by atoms with Crippen molar-refractivity contribution in [3.8, 4) is 0 Å². The van der Waals surface area contributed by atoms with Gasteiger partial charge in [0.25, 0.3) is 0 Å². The smallest absolute Gasteiger partial charge is 0.123 e. The molecule has 1 aliphatic rings. The summed E-state index contributed by atoms with van der Waals surface area (Å²) in [6.45, 7) is 5.33. The first kappa shape index (κ1) is 11.3. The molecule has 1 heterocycles. The maximum atomic E-state index is 12.7. The Morgan fingerprint density at radius 1 is 1.19 bits per heavy atom. The van der Waals surface area contributed by atoms with Gasteiger partial charge in [0.1, 0.15) is 5.82 Å². The number of nitrogens with zero attached hydrogens (tertiary/aromatic N) is 1. The Kier molecular flexibility index (Phi) is 4.08. The highest BCUT2D eigenvalue weighted by atomic mass is 19.1. The minimum absolute atomic E-state index is 0.181. The van der Waals surface area contributed by atoms with Gasteiger partial charge in [0.05, 0.1) is 0 Å². The molecule has 2 nitrogen and oxygen atoms in total. The lowest BCUT2D eigenvalue weighted by Crippen LogP contribution is -2.43. The molecule has 1 aromatic carbocycles. The van der Waals surface area contributed by atoms with Gasteiger partial charge in [-0.15, -0.1) is 0 Å². The summed E-state index contributed by atoms with van der Waals surface area (Å²) in [7, 11) is 0. The van der Waals surface area contributed by atoms with E-state index in [-0.39, 0.29) is 5.82 Å². The van der Waals surface area contributed by atoms with Crippen molar-refractivity contribution in [2.24, 2.45) is 0 Å². The van der Waals surface area contributed by atoms with Crippen molar-refractivity contribution < 1.29 is 4.39 Å². The van der Waals surface area contributed by atoms with Crippen molar-refractivity contribution in [3.05, 3.63) is 41.7 Å². The zero-order chi connectivity index (χ0) is 11.2. The van der Waals surface area contributed by atoms with E-state index in [1.54, 1.807) is 12.1 Å². The number of hydrogen-bond donors (Lipinski definition) is 1. The number of hydrogen-bond acceptors (Lipinski definition) is 2. The molecule has 2 rings (SSSR count). The third kappa shape index (κ3) is 3.43. The van der Waals surface area contributed by atoms with Gasteiger partial charge in [0.15, 0.2) is 0 Å². The van der Waals surface area contributed by atoms with Crippen LogP contribution in [-0.4, -0.2) is 37.6 Å². The lowest BCUT2D eigenvalue weighted by Gasteiger charge is -2.25. The Hall–Kier alpha value is -1.19. The highest BCUT2D eigenvalue weighted by molar-refractivity contribution is 5.48. The fourth-order valence-corrected chi connectivity index (χ4v) is 1.81. The summed E-state index contributed by atoms with van der Waals surface area (Å²) < 4.78 is 12.7. The summed E-state index contributed by atoms with van der Waals surface area (Å²) in [6, 6.07) is 6.57. The van der Waals surface area contributed by atoms with Crippen LogP contribution in [0.4, 0.5) is 4.39 Å². The topological polar surface area (TPSA) is 15.3 Å². The van der Waals surface area contributed by atoms with Crippen molar-refractivity contribution in [2.75, 3.05) is 32.7 Å². The molecule has 0 amide bonds. The van der Waals surface area contributed by atoms with Gasteiger partial charge in [-0.3, -0.25) is 4.90 Å². The van der Waals surface area contributed by atoms with Gasteiger partial charge in [-0.1, -0.05) is 24.3 Å². The van der Waals surface area contributed by atoms with E-state index in [4.69, 9.17) is 0 Å². The van der Waals surface area contributed by atoms with E-state index < -0.39 is 0 Å². The molecule has 1 aromatic rings. The molecule has 0 atom stereocenters. The molecule has 0 aromatic heterocycles. The molecular formula is C13H17FN2. The zero-order valence-electron chi connectivity index (χ0n) is 9.32. The minimum atomic E-state index is -0.181. The maximum absolute atomic E-state index is 12.7. The molecule has 1 fully saturated rings. The van der Waals surface area contributed by atoms with Crippen LogP contribution in [0.1, 0.15) is 5.56 Å². The van der Waals surface area contributed by atoms with E-state index in [2.05, 4.69) is 16.3 Å². The lowest BCUT2D eigenvalue weighted by molar-refractivity contribution is 0.265. The van der Waals surface area contributed by atoms with E-state index >= 15 is 0 Å². The van der Waals surface area contributed by atoms with Gasteiger partial charge in [-0.2, -0.15) is 0 Å². The van der Waals surface area contributed by atoms with Crippen LogP contribution in [0.5, 0.6) is 0 Å². The first-order valence-corrected chi connectivity index (χ1v) is 5.70. The van der Waals surface area contributed by atoms with E-state index in [9.17, 15) is 4.39 Å². The van der Waals surface area contributed by atoms with Crippen LogP contribution in [-0.2, 0) is 0 Å². The van der Waals surface area contributed by atoms with E-state index in [1.165, 1.54) is 12.1 Å². The monoisotopic (exact) mass is 220 g/mol. The quantitative estimate of drug-likeness (QED) is 0.834. The fourth-order valence-electron chi connectivity index (χ4n) is 1.81. The molecule has 1 aliphatic heterocycles. The maximum Gasteiger partial charge on any atom is 0.123 e. The van der Waals surface area contributed by atoms with Gasteiger partial charge in [-0.25, -0.2) is 4.39 Å². The van der Waals surface area contributed by atoms with Crippen molar-refractivity contribution >= 4 is 6.08 Å². The average molecular weight is 220 g/mol. The van der Waals surface area contributed by atoms with Crippen molar-refractivity contribution in [3.63, 3.8) is 0 Å². The third-order valence-corrected chi connectivity index (χ3v) is 2.75. The predicted octanol–water partition coefficient (Wildman–Crippen LogP) is 1.74. The number of halogens is 1. The summed E-state index contributed by atoms with van der Waals surface area (Å²) >= 11 is 0. The Morgan fingerprint density at radius 3 is 2.56 bits per heavy atom. The van der Waals surface area contributed by atoms with Gasteiger partial charge in [-0.05, 0) is 17.7 Å². The van der Waals surface area contributed by atoms with Gasteiger partial charge in [0.2, 0.25) is 0 Å². The molecule has 0 aliphatic carbocycles. The summed E-state index contributed by atoms with van der Waals surface area (Å²) in [5.41, 5.74) is 1.05. The van der Waals surface area contributed by atoms with Crippen LogP contribution in [0.15, 0.2) is 30.3 Å². The molecule has 0 radical (unpaired) electrons. The van der Waals surface area contributed by atoms with Crippen LogP contribution in [0, 0.1) is 5.82 Å². The summed E-state index contributed by atoms with van der Waals surface area (Å²) in [5.74, 6) is -0.181. The standard InChI is InChI=1S/C13H17FN2/c14-13-5-3-12(4-6-13)2-1-9-16-10-7-15-8-11-16/h1-6,15H,7-11H2/b2-1+. The number of rotatable bonds is 3. The van der Waals surface area contributed by atoms with Crippen molar-refractivity contribution in [2.45, 2.75) is 0 Å². The zero-order valence-corrected chi connectivity index (χ0v) is 9.32. The summed E-state index contributed by atoms with van der Waals surface area (Å²) in [5, 5.41) is 3.32. The second-order valence-electron chi connectivity index (χ2n) is 4.00. The van der Waals surface area contributed by atoms with Crippen LogP contribution in [0.2, 0.25) is 0 Å². The molecule has 3 heteroatoms. The molecule has 0 saturated carbocycles. The molecule has 0 bridgehead atoms. The molecule has 16 heavy (non-hydrogen) atoms. The van der Waals surface area contributed by atoms with E-state index in [1.807, 2.05) is 6.08 Å². The molecule has 1 saturated heterocycles. The van der Waals surface area contributed by atoms with Gasteiger partial charge < -0.3 is 5.32 Å². The van der Waals surface area contributed by atoms with Crippen LogP contribution < -0.4 is 5.32 Å². The Morgan fingerprint density at radius 2 is 1.88 bits per heavy atom. The molecular weight excluding hydrogens is 203 g/mol. The first-order valence-electron chi connectivity index (χ1n) is 5.70. The second-order valence-corrected chi connectivity index (χ2v) is 4.00. The molecule has 1 N–H and O–H groups in total. The number of nitrogens with one attached hydrogen (secondary N) is 1. The highest BCUT2D eigenvalue weighted by Gasteiger charge is 2.06. The number of piperazine rings is 1. The summed E-state index contributed by atoms with van der Waals surface area (Å²) in [4.78, 5) is 2.40. The average Bonchev–Trinajstić information content (AvgIpc) is 2.33. The Bertz CT molecular complexity index is 339. The van der Waals surface area contributed by atoms with Crippen LogP contribution in [0.3, 0.4) is 0 Å². The van der Waals surface area contributed by atoms with Gasteiger partial charge in [0, 0.05) is 32.7 Å². The minimum Gasteiger partial charge on any atom is -0.314 e. The van der Waals surface area contributed by atoms with Crippen LogP contribution in [0.25, 0.3) is 6.08 Å². The number of benzene rings is 1. The van der Waals surface area contributed by atoms with E-state index in [0.29, 0.717) is 0 Å². The second kappa shape index (κ2) is 5.77. The third-order valence-electron chi connectivity index (χ3n) is 2.75. The molecule has 0 spiro atoms. The van der Waals surface area contributed by atoms with Crippen molar-refractivity contribution in [1.82, 2.24) is 10.2 Å². The molecule has 86 valence electrons. The Balaban J connectivity index is 1.82. The van der Waals surface area contributed by atoms with Crippen LogP contribution >= 0.6 is 0 Å². The SMILES string of the molecule is Fc1ccc(/C=C/CN2CCNCC2)cc1. The fraction of sp³-hybridized carbons (Fsp3) is 0.385. The van der Waals surface area contributed by atoms with Gasteiger partial charge >= 0.3 is 0 Å². The lowest BCUT2D eigenvalue weighted by atomic mass is 10.2. The highest BCUT2D eigenvalue weighted by Crippen LogP contribution is 2.04.